The fourth-order valence-electron chi connectivity index (χ4n) is 4.39. The van der Waals surface area contributed by atoms with Crippen molar-refractivity contribution in [1.82, 2.24) is 19.8 Å². The second-order valence-electron chi connectivity index (χ2n) is 7.68. The number of benzene rings is 1. The van der Waals surface area contributed by atoms with Gasteiger partial charge in [0.05, 0.1) is 42.7 Å². The summed E-state index contributed by atoms with van der Waals surface area (Å²) in [5, 5.41) is 0.585. The minimum atomic E-state index is -0.138. The lowest BCUT2D eigenvalue weighted by Crippen LogP contribution is -2.56. The van der Waals surface area contributed by atoms with E-state index in [1.165, 1.54) is 6.42 Å². The van der Waals surface area contributed by atoms with Gasteiger partial charge in [-0.2, -0.15) is 0 Å². The lowest BCUT2D eigenvalue weighted by molar-refractivity contribution is -0.150. The van der Waals surface area contributed by atoms with Crippen molar-refractivity contribution in [2.24, 2.45) is 0 Å². The summed E-state index contributed by atoms with van der Waals surface area (Å²) in [6, 6.07) is 7.53. The smallest absolute Gasteiger partial charge is 0.258 e. The van der Waals surface area contributed by atoms with Crippen LogP contribution in [0, 0.1) is 0 Å². The van der Waals surface area contributed by atoms with E-state index in [-0.39, 0.29) is 23.6 Å². The topological polar surface area (TPSA) is 78.5 Å². The molecular formula is C21H28N4O3. The highest BCUT2D eigenvalue weighted by Gasteiger charge is 2.36. The number of hydrogen-bond donors (Lipinski definition) is 1. The van der Waals surface area contributed by atoms with Crippen LogP contribution in [-0.4, -0.2) is 64.1 Å². The fraction of sp³-hybridized carbons (Fsp3) is 0.571. The van der Waals surface area contributed by atoms with E-state index in [2.05, 4.69) is 9.97 Å². The first-order chi connectivity index (χ1) is 13.7. The van der Waals surface area contributed by atoms with Gasteiger partial charge >= 0.3 is 0 Å². The Hall–Kier alpha value is -2.25. The molecule has 28 heavy (non-hydrogen) atoms. The molecule has 1 saturated carbocycles. The molecule has 2 heterocycles. The molecule has 7 nitrogen and oxygen atoms in total. The largest absolute Gasteiger partial charge is 0.374 e. The van der Waals surface area contributed by atoms with E-state index in [1.54, 1.807) is 6.07 Å². The Morgan fingerprint density at radius 1 is 1.32 bits per heavy atom. The van der Waals surface area contributed by atoms with Crippen molar-refractivity contribution in [2.75, 3.05) is 26.2 Å². The number of para-hydroxylation sites is 1. The van der Waals surface area contributed by atoms with Gasteiger partial charge in [0.1, 0.15) is 5.82 Å². The number of hydrogen-bond acceptors (Lipinski definition) is 5. The summed E-state index contributed by atoms with van der Waals surface area (Å²) in [6.07, 6.45) is 4.62. The summed E-state index contributed by atoms with van der Waals surface area (Å²) in [6.45, 7) is 4.80. The Morgan fingerprint density at radius 2 is 2.14 bits per heavy atom. The number of fused-ring (bicyclic) bond motifs is 2. The summed E-state index contributed by atoms with van der Waals surface area (Å²) in [4.78, 5) is 36.8. The first-order valence-corrected chi connectivity index (χ1v) is 10.3. The maximum Gasteiger partial charge on any atom is 0.258 e. The van der Waals surface area contributed by atoms with Gasteiger partial charge < -0.3 is 14.6 Å². The molecule has 7 heteroatoms. The molecule has 2 atom stereocenters. The average molecular weight is 384 g/mol. The standard InChI is InChI=1S/C21H28N4O3/c1-2-24(13-19-22-16-8-4-3-7-15(16)21(27)23-19)14-20(26)25-11-12-28-18-10-6-5-9-17(18)25/h3-4,7-8,17-18H,2,5-6,9-14H2,1H3,(H,22,23,27). The van der Waals surface area contributed by atoms with Crippen molar-refractivity contribution >= 4 is 16.8 Å². The Morgan fingerprint density at radius 3 is 3.00 bits per heavy atom. The van der Waals surface area contributed by atoms with Crippen LogP contribution in [0.5, 0.6) is 0 Å². The SMILES string of the molecule is CCN(CC(=O)N1CCOC2CCCCC21)Cc1nc2ccccc2c(=O)[nH]1. The highest BCUT2D eigenvalue weighted by Crippen LogP contribution is 2.28. The van der Waals surface area contributed by atoms with Gasteiger partial charge in [-0.15, -0.1) is 0 Å². The van der Waals surface area contributed by atoms with Crippen LogP contribution in [0.25, 0.3) is 10.9 Å². The third-order valence-corrected chi connectivity index (χ3v) is 5.89. The van der Waals surface area contributed by atoms with Gasteiger partial charge in [-0.3, -0.25) is 14.5 Å². The molecule has 150 valence electrons. The van der Waals surface area contributed by atoms with Crippen LogP contribution in [0.4, 0.5) is 0 Å². The van der Waals surface area contributed by atoms with Crippen molar-refractivity contribution in [3.05, 3.63) is 40.4 Å². The number of likely N-dealkylation sites (N-methyl/N-ethyl adjacent to an activating group) is 1. The van der Waals surface area contributed by atoms with Gasteiger partial charge in [0, 0.05) is 6.54 Å². The predicted molar refractivity (Wildman–Crippen MR) is 107 cm³/mol. The Labute approximate surface area is 164 Å². The van der Waals surface area contributed by atoms with E-state index in [1.807, 2.05) is 34.9 Å². The van der Waals surface area contributed by atoms with E-state index in [0.717, 1.165) is 19.3 Å². The highest BCUT2D eigenvalue weighted by molar-refractivity contribution is 5.79. The first-order valence-electron chi connectivity index (χ1n) is 10.3. The van der Waals surface area contributed by atoms with E-state index >= 15 is 0 Å². The number of ether oxygens (including phenoxy) is 1. The molecule has 0 bridgehead atoms. The molecule has 1 saturated heterocycles. The molecule has 4 rings (SSSR count). The zero-order valence-corrected chi connectivity index (χ0v) is 16.4. The zero-order chi connectivity index (χ0) is 19.5. The maximum atomic E-state index is 13.0. The normalized spacial score (nSPS) is 22.4. The Kier molecular flexibility index (Phi) is 5.73. The van der Waals surface area contributed by atoms with Crippen molar-refractivity contribution < 1.29 is 9.53 Å². The number of aromatic amines is 1. The van der Waals surface area contributed by atoms with Crippen LogP contribution in [0.15, 0.2) is 29.1 Å². The molecule has 0 radical (unpaired) electrons. The van der Waals surface area contributed by atoms with E-state index in [4.69, 9.17) is 4.74 Å². The molecule has 1 amide bonds. The van der Waals surface area contributed by atoms with Crippen molar-refractivity contribution in [3.8, 4) is 0 Å². The number of rotatable bonds is 5. The van der Waals surface area contributed by atoms with Crippen LogP contribution in [0.1, 0.15) is 38.4 Å². The number of aromatic nitrogens is 2. The Bertz CT molecular complexity index is 895. The molecule has 2 fully saturated rings. The number of H-pyrrole nitrogens is 1. The van der Waals surface area contributed by atoms with E-state index in [9.17, 15) is 9.59 Å². The quantitative estimate of drug-likeness (QED) is 0.852. The van der Waals surface area contributed by atoms with Crippen LogP contribution >= 0.6 is 0 Å². The minimum Gasteiger partial charge on any atom is -0.374 e. The van der Waals surface area contributed by atoms with Gasteiger partial charge in [0.2, 0.25) is 5.91 Å². The number of carbonyl (C=O) groups is 1. The minimum absolute atomic E-state index is 0.138. The summed E-state index contributed by atoms with van der Waals surface area (Å²) in [5.41, 5.74) is 0.545. The summed E-state index contributed by atoms with van der Waals surface area (Å²) < 4.78 is 5.89. The number of amides is 1. The molecule has 1 aromatic heterocycles. The lowest BCUT2D eigenvalue weighted by Gasteiger charge is -2.44. The summed E-state index contributed by atoms with van der Waals surface area (Å²) in [7, 11) is 0. The highest BCUT2D eigenvalue weighted by atomic mass is 16.5. The van der Waals surface area contributed by atoms with Crippen LogP contribution < -0.4 is 5.56 Å². The van der Waals surface area contributed by atoms with Gasteiger partial charge in [-0.05, 0) is 31.5 Å². The molecule has 1 N–H and O–H groups in total. The summed E-state index contributed by atoms with van der Waals surface area (Å²) >= 11 is 0. The second-order valence-corrected chi connectivity index (χ2v) is 7.68. The molecule has 1 aliphatic heterocycles. The molecule has 2 aliphatic rings. The zero-order valence-electron chi connectivity index (χ0n) is 16.4. The van der Waals surface area contributed by atoms with E-state index < -0.39 is 0 Å². The Balaban J connectivity index is 1.46. The molecule has 1 aromatic carbocycles. The molecule has 0 spiro atoms. The fourth-order valence-corrected chi connectivity index (χ4v) is 4.39. The van der Waals surface area contributed by atoms with Crippen LogP contribution in [0.3, 0.4) is 0 Å². The third-order valence-electron chi connectivity index (χ3n) is 5.89. The van der Waals surface area contributed by atoms with Crippen molar-refractivity contribution in [3.63, 3.8) is 0 Å². The van der Waals surface area contributed by atoms with Gasteiger partial charge in [0.15, 0.2) is 0 Å². The van der Waals surface area contributed by atoms with Gasteiger partial charge in [-0.25, -0.2) is 4.98 Å². The van der Waals surface area contributed by atoms with Crippen molar-refractivity contribution in [2.45, 2.75) is 51.3 Å². The average Bonchev–Trinajstić information content (AvgIpc) is 2.72. The first kappa shape index (κ1) is 19.1. The van der Waals surface area contributed by atoms with Gasteiger partial charge in [0.25, 0.3) is 5.56 Å². The van der Waals surface area contributed by atoms with Crippen molar-refractivity contribution in [1.29, 1.82) is 0 Å². The predicted octanol–water partition coefficient (Wildman–Crippen LogP) is 1.91. The van der Waals surface area contributed by atoms with E-state index in [0.29, 0.717) is 49.5 Å². The number of morpholine rings is 1. The summed E-state index contributed by atoms with van der Waals surface area (Å²) in [5.74, 6) is 0.737. The molecule has 1 aliphatic carbocycles. The second kappa shape index (κ2) is 8.41. The molecule has 2 aromatic rings. The number of nitrogens with one attached hydrogen (secondary N) is 1. The monoisotopic (exact) mass is 384 g/mol. The maximum absolute atomic E-state index is 13.0. The van der Waals surface area contributed by atoms with Crippen LogP contribution in [-0.2, 0) is 16.1 Å². The van der Waals surface area contributed by atoms with Gasteiger partial charge in [-0.1, -0.05) is 31.9 Å². The molecule has 2 unspecified atom stereocenters. The third kappa shape index (κ3) is 3.95. The lowest BCUT2D eigenvalue weighted by atomic mass is 9.90. The number of carbonyl (C=O) groups excluding carboxylic acids is 1. The van der Waals surface area contributed by atoms with Crippen LogP contribution in [0.2, 0.25) is 0 Å². The number of nitrogens with zero attached hydrogens (tertiary/aromatic N) is 3. The molecular weight excluding hydrogens is 356 g/mol.